The minimum atomic E-state index is -0.565. The maximum Gasteiger partial charge on any atom is 0.188 e. The Bertz CT molecular complexity index is 1210. The highest BCUT2D eigenvalue weighted by Crippen LogP contribution is 2.30. The second-order valence-corrected chi connectivity index (χ2v) is 8.50. The molecule has 0 radical (unpaired) electrons. The Morgan fingerprint density at radius 1 is 1.25 bits per heavy atom. The predicted molar refractivity (Wildman–Crippen MR) is 119 cm³/mol. The molecule has 2 atom stereocenters. The van der Waals surface area contributed by atoms with E-state index >= 15 is 0 Å². The van der Waals surface area contributed by atoms with Crippen molar-refractivity contribution in [3.8, 4) is 10.6 Å². The summed E-state index contributed by atoms with van der Waals surface area (Å²) in [5.41, 5.74) is 1.90. The number of halogens is 1. The molecule has 5 rings (SSSR count). The van der Waals surface area contributed by atoms with Crippen LogP contribution in [0.15, 0.2) is 37.3 Å². The molecule has 0 amide bonds. The summed E-state index contributed by atoms with van der Waals surface area (Å²) in [6.07, 6.45) is 8.96. The number of nitrogens with zero attached hydrogens (tertiary/aromatic N) is 6. The Morgan fingerprint density at radius 3 is 3.03 bits per heavy atom. The fraction of sp³-hybridized carbons (Fsp3) is 0.350. The second-order valence-electron chi connectivity index (χ2n) is 7.47. The van der Waals surface area contributed by atoms with Crippen LogP contribution in [0.3, 0.4) is 0 Å². The summed E-state index contributed by atoms with van der Waals surface area (Å²) >= 11 is 1.28. The summed E-state index contributed by atoms with van der Waals surface area (Å²) in [7, 11) is 0. The number of nitrogens with one attached hydrogen (secondary N) is 3. The van der Waals surface area contributed by atoms with Crippen LogP contribution in [0.2, 0.25) is 0 Å². The van der Waals surface area contributed by atoms with Gasteiger partial charge in [-0.05, 0) is 19.4 Å². The molecule has 0 spiro atoms. The lowest BCUT2D eigenvalue weighted by atomic mass is 10.2. The first-order valence-electron chi connectivity index (χ1n) is 10.3. The SMILES string of the molecule is OC(NCCn1cnc2cnc(Nc3ncc(-c4ncncc4F)s3)cc21)[C@@H]1CCCN1. The average molecular weight is 456 g/mol. The van der Waals surface area contributed by atoms with Crippen molar-refractivity contribution < 1.29 is 9.50 Å². The van der Waals surface area contributed by atoms with Gasteiger partial charge in [0.2, 0.25) is 0 Å². The summed E-state index contributed by atoms with van der Waals surface area (Å²) in [4.78, 5) is 21.3. The minimum Gasteiger partial charge on any atom is -0.377 e. The van der Waals surface area contributed by atoms with Gasteiger partial charge in [-0.3, -0.25) is 5.32 Å². The molecule has 1 aliphatic rings. The molecule has 1 fully saturated rings. The van der Waals surface area contributed by atoms with Gasteiger partial charge in [-0.15, -0.1) is 0 Å². The fourth-order valence-corrected chi connectivity index (χ4v) is 4.53. The van der Waals surface area contributed by atoms with Gasteiger partial charge in [0, 0.05) is 31.4 Å². The van der Waals surface area contributed by atoms with Crippen LogP contribution in [0.4, 0.5) is 15.3 Å². The van der Waals surface area contributed by atoms with Crippen LogP contribution in [0, 0.1) is 5.82 Å². The second kappa shape index (κ2) is 9.20. The van der Waals surface area contributed by atoms with Gasteiger partial charge in [0.05, 0.1) is 29.1 Å². The molecule has 1 unspecified atom stereocenters. The van der Waals surface area contributed by atoms with E-state index in [0.717, 1.165) is 36.6 Å². The van der Waals surface area contributed by atoms with Crippen LogP contribution < -0.4 is 16.0 Å². The third kappa shape index (κ3) is 4.43. The van der Waals surface area contributed by atoms with Crippen molar-refractivity contribution >= 4 is 33.3 Å². The topological polar surface area (TPSA) is 126 Å². The van der Waals surface area contributed by atoms with Crippen LogP contribution in [0.1, 0.15) is 12.8 Å². The molecule has 10 nitrogen and oxygen atoms in total. The monoisotopic (exact) mass is 455 g/mol. The molecular weight excluding hydrogens is 433 g/mol. The molecule has 4 aromatic rings. The number of aromatic nitrogens is 6. The number of pyridine rings is 1. The Kier molecular flexibility index (Phi) is 5.99. The van der Waals surface area contributed by atoms with E-state index in [4.69, 9.17) is 0 Å². The number of hydrogen-bond donors (Lipinski definition) is 4. The number of anilines is 2. The van der Waals surface area contributed by atoms with Crippen LogP contribution in [-0.4, -0.2) is 60.0 Å². The standard InChI is InChI=1S/C20H22FN9OS/c21-12-7-22-10-27-18(12)16-9-26-20(32-16)29-17-6-15-14(8-25-17)28-11-30(15)5-4-24-19(31)13-2-1-3-23-13/h6-11,13,19,23-24,31H,1-5H2,(H,25,26,29)/t13-,19?/m0/s1. The lowest BCUT2D eigenvalue weighted by molar-refractivity contribution is 0.100. The number of fused-ring (bicyclic) bond motifs is 1. The van der Waals surface area contributed by atoms with Crippen molar-refractivity contribution in [1.82, 2.24) is 40.1 Å². The van der Waals surface area contributed by atoms with Crippen LogP contribution in [-0.2, 0) is 6.54 Å². The molecule has 0 saturated carbocycles. The molecule has 4 aromatic heterocycles. The minimum absolute atomic E-state index is 0.105. The lowest BCUT2D eigenvalue weighted by Gasteiger charge is -2.19. The zero-order chi connectivity index (χ0) is 21.9. The molecule has 12 heteroatoms. The van der Waals surface area contributed by atoms with Gasteiger partial charge in [-0.25, -0.2) is 29.3 Å². The fourth-order valence-electron chi connectivity index (χ4n) is 3.71. The summed E-state index contributed by atoms with van der Waals surface area (Å²) in [5, 5.41) is 20.4. The Hall–Kier alpha value is -3.06. The highest BCUT2D eigenvalue weighted by Gasteiger charge is 2.21. The van der Waals surface area contributed by atoms with Crippen LogP contribution in [0.25, 0.3) is 21.6 Å². The number of imidazole rings is 1. The van der Waals surface area contributed by atoms with Crippen molar-refractivity contribution in [1.29, 1.82) is 0 Å². The molecule has 0 aromatic carbocycles. The highest BCUT2D eigenvalue weighted by molar-refractivity contribution is 7.18. The van der Waals surface area contributed by atoms with E-state index in [0.29, 0.717) is 28.9 Å². The van der Waals surface area contributed by atoms with Crippen LogP contribution >= 0.6 is 11.3 Å². The molecule has 1 saturated heterocycles. The quantitative estimate of drug-likeness (QED) is 0.295. The van der Waals surface area contributed by atoms with E-state index in [1.807, 2.05) is 10.6 Å². The first-order chi connectivity index (χ1) is 15.7. The van der Waals surface area contributed by atoms with E-state index < -0.39 is 12.0 Å². The molecule has 32 heavy (non-hydrogen) atoms. The van der Waals surface area contributed by atoms with Crippen molar-refractivity contribution in [3.05, 3.63) is 43.1 Å². The normalized spacial score (nSPS) is 17.1. The van der Waals surface area contributed by atoms with Gasteiger partial charge in [-0.2, -0.15) is 0 Å². The van der Waals surface area contributed by atoms with Crippen molar-refractivity contribution in [2.75, 3.05) is 18.4 Å². The molecule has 4 N–H and O–H groups in total. The molecular formula is C20H22FN9OS. The first kappa shape index (κ1) is 20.8. The Labute approximate surface area is 187 Å². The van der Waals surface area contributed by atoms with Gasteiger partial charge >= 0.3 is 0 Å². The zero-order valence-corrected chi connectivity index (χ0v) is 17.9. The largest absolute Gasteiger partial charge is 0.377 e. The number of aliphatic hydroxyl groups excluding tert-OH is 1. The van der Waals surface area contributed by atoms with Gasteiger partial charge in [0.25, 0.3) is 0 Å². The summed E-state index contributed by atoms with van der Waals surface area (Å²) in [6, 6.07) is 2.00. The first-order valence-corrected chi connectivity index (χ1v) is 11.1. The molecule has 0 aliphatic carbocycles. The third-order valence-electron chi connectivity index (χ3n) is 5.33. The average Bonchev–Trinajstić information content (AvgIpc) is 3.56. The van der Waals surface area contributed by atoms with Gasteiger partial charge in [0.15, 0.2) is 10.9 Å². The smallest absolute Gasteiger partial charge is 0.188 e. The number of aliphatic hydroxyl groups is 1. The molecule has 5 heterocycles. The number of hydrogen-bond acceptors (Lipinski definition) is 10. The molecule has 166 valence electrons. The lowest BCUT2D eigenvalue weighted by Crippen LogP contribution is -2.45. The Balaban J connectivity index is 1.26. The maximum atomic E-state index is 13.9. The predicted octanol–water partition coefficient (Wildman–Crippen LogP) is 1.89. The van der Waals surface area contributed by atoms with Crippen molar-refractivity contribution in [3.63, 3.8) is 0 Å². The maximum absolute atomic E-state index is 13.9. The number of thiazole rings is 1. The molecule has 1 aliphatic heterocycles. The summed E-state index contributed by atoms with van der Waals surface area (Å²) < 4.78 is 15.9. The van der Waals surface area contributed by atoms with E-state index in [-0.39, 0.29) is 11.7 Å². The van der Waals surface area contributed by atoms with Crippen molar-refractivity contribution in [2.24, 2.45) is 0 Å². The van der Waals surface area contributed by atoms with E-state index in [2.05, 4.69) is 40.9 Å². The van der Waals surface area contributed by atoms with Crippen LogP contribution in [0.5, 0.6) is 0 Å². The van der Waals surface area contributed by atoms with Crippen molar-refractivity contribution in [2.45, 2.75) is 31.7 Å². The highest BCUT2D eigenvalue weighted by atomic mass is 32.1. The third-order valence-corrected chi connectivity index (χ3v) is 6.25. The van der Waals surface area contributed by atoms with E-state index in [9.17, 15) is 9.50 Å². The van der Waals surface area contributed by atoms with Gasteiger partial charge in [-0.1, -0.05) is 11.3 Å². The zero-order valence-electron chi connectivity index (χ0n) is 17.1. The number of rotatable bonds is 8. The van der Waals surface area contributed by atoms with E-state index in [1.165, 1.54) is 17.7 Å². The van der Waals surface area contributed by atoms with Gasteiger partial charge in [0.1, 0.15) is 29.6 Å². The molecule has 0 bridgehead atoms. The Morgan fingerprint density at radius 2 is 2.19 bits per heavy atom. The van der Waals surface area contributed by atoms with Gasteiger partial charge < -0.3 is 20.3 Å². The van der Waals surface area contributed by atoms with E-state index in [1.54, 1.807) is 18.7 Å². The summed E-state index contributed by atoms with van der Waals surface area (Å²) in [6.45, 7) is 2.21. The summed E-state index contributed by atoms with van der Waals surface area (Å²) in [5.74, 6) is 0.111.